The van der Waals surface area contributed by atoms with Gasteiger partial charge in [0.05, 0.1) is 0 Å². The van der Waals surface area contributed by atoms with Gasteiger partial charge in [-0.1, -0.05) is 74.2 Å². The standard InChI is InChI=1S/C27H32N6O2/c1-2-3-10-23-28-25(26(34)29-23)27(15-5-4-6-16-27)21-13-11-19(12-14-21)20-8-7-9-22(17-20)35-18-24-30-32-33-31-24/h7-9,11-14,17,25H,2-6,10,15-16,18H2,1H3,(H,28,29,34)(H,30,31,32,33). The van der Waals surface area contributed by atoms with Crippen molar-refractivity contribution in [2.24, 2.45) is 4.99 Å². The second-order valence-electron chi connectivity index (χ2n) is 9.51. The number of hydrogen-bond acceptors (Lipinski definition) is 6. The van der Waals surface area contributed by atoms with Gasteiger partial charge in [0.1, 0.15) is 17.6 Å². The van der Waals surface area contributed by atoms with Crippen LogP contribution in [-0.4, -0.2) is 38.4 Å². The first-order chi connectivity index (χ1) is 17.2. The number of amides is 1. The highest BCUT2D eigenvalue weighted by Crippen LogP contribution is 2.45. The topological polar surface area (TPSA) is 105 Å². The number of ether oxygens (including phenoxy) is 1. The molecule has 35 heavy (non-hydrogen) atoms. The van der Waals surface area contributed by atoms with E-state index in [1.54, 1.807) is 0 Å². The van der Waals surface area contributed by atoms with Crippen molar-refractivity contribution in [3.8, 4) is 16.9 Å². The number of aromatic amines is 1. The molecule has 2 heterocycles. The summed E-state index contributed by atoms with van der Waals surface area (Å²) >= 11 is 0. The van der Waals surface area contributed by atoms with Gasteiger partial charge in [-0.15, -0.1) is 10.2 Å². The van der Waals surface area contributed by atoms with E-state index >= 15 is 0 Å². The molecule has 1 aromatic heterocycles. The summed E-state index contributed by atoms with van der Waals surface area (Å²) in [6, 6.07) is 16.3. The van der Waals surface area contributed by atoms with E-state index in [1.165, 1.54) is 12.0 Å². The molecule has 0 saturated heterocycles. The minimum absolute atomic E-state index is 0.0635. The summed E-state index contributed by atoms with van der Waals surface area (Å²) in [6.45, 7) is 2.42. The van der Waals surface area contributed by atoms with Crippen molar-refractivity contribution in [1.82, 2.24) is 25.9 Å². The molecule has 1 atom stereocenters. The molecule has 182 valence electrons. The Balaban J connectivity index is 1.38. The molecule has 8 heteroatoms. The second-order valence-corrected chi connectivity index (χ2v) is 9.51. The van der Waals surface area contributed by atoms with Gasteiger partial charge < -0.3 is 10.1 Å². The lowest BCUT2D eigenvalue weighted by Crippen LogP contribution is -2.46. The van der Waals surface area contributed by atoms with Crippen molar-refractivity contribution in [3.63, 3.8) is 0 Å². The summed E-state index contributed by atoms with van der Waals surface area (Å²) in [7, 11) is 0. The third-order valence-corrected chi connectivity index (χ3v) is 7.22. The van der Waals surface area contributed by atoms with E-state index in [-0.39, 0.29) is 24.0 Å². The number of nitrogens with one attached hydrogen (secondary N) is 2. The molecular formula is C27H32N6O2. The number of hydrogen-bond donors (Lipinski definition) is 2. The summed E-state index contributed by atoms with van der Waals surface area (Å²) in [5.41, 5.74) is 3.15. The van der Waals surface area contributed by atoms with Crippen LogP contribution in [0.15, 0.2) is 53.5 Å². The normalized spacial score (nSPS) is 19.3. The largest absolute Gasteiger partial charge is 0.485 e. The Morgan fingerprint density at radius 1 is 1.06 bits per heavy atom. The predicted octanol–water partition coefficient (Wildman–Crippen LogP) is 4.73. The lowest BCUT2D eigenvalue weighted by molar-refractivity contribution is -0.122. The van der Waals surface area contributed by atoms with E-state index in [4.69, 9.17) is 9.73 Å². The van der Waals surface area contributed by atoms with E-state index in [2.05, 4.69) is 63.2 Å². The summed E-state index contributed by atoms with van der Waals surface area (Å²) in [5, 5.41) is 16.9. The van der Waals surface area contributed by atoms with Crippen LogP contribution in [0.25, 0.3) is 11.1 Å². The number of nitrogens with zero attached hydrogens (tertiary/aromatic N) is 4. The number of amidine groups is 1. The van der Waals surface area contributed by atoms with Crippen molar-refractivity contribution >= 4 is 11.7 Å². The quantitative estimate of drug-likeness (QED) is 0.468. The van der Waals surface area contributed by atoms with Crippen molar-refractivity contribution in [2.45, 2.75) is 76.4 Å². The van der Waals surface area contributed by atoms with Gasteiger partial charge in [0, 0.05) is 11.8 Å². The summed E-state index contributed by atoms with van der Waals surface area (Å²) in [4.78, 5) is 18.0. The molecule has 1 aliphatic heterocycles. The van der Waals surface area contributed by atoms with Crippen LogP contribution in [-0.2, 0) is 16.8 Å². The highest BCUT2D eigenvalue weighted by Gasteiger charge is 2.47. The number of tetrazole rings is 1. The lowest BCUT2D eigenvalue weighted by atomic mass is 9.64. The van der Waals surface area contributed by atoms with Crippen LogP contribution in [0.4, 0.5) is 0 Å². The molecule has 8 nitrogen and oxygen atoms in total. The molecular weight excluding hydrogens is 440 g/mol. The van der Waals surface area contributed by atoms with Gasteiger partial charge >= 0.3 is 0 Å². The first kappa shape index (κ1) is 23.2. The Kier molecular flexibility index (Phi) is 6.88. The third kappa shape index (κ3) is 4.97. The maximum Gasteiger partial charge on any atom is 0.251 e. The number of benzene rings is 2. The van der Waals surface area contributed by atoms with Crippen LogP contribution in [0, 0.1) is 0 Å². The Morgan fingerprint density at radius 2 is 1.89 bits per heavy atom. The molecule has 1 unspecified atom stereocenters. The predicted molar refractivity (Wildman–Crippen MR) is 134 cm³/mol. The van der Waals surface area contributed by atoms with Crippen LogP contribution in [0.3, 0.4) is 0 Å². The summed E-state index contributed by atoms with van der Waals surface area (Å²) in [5.74, 6) is 2.18. The van der Waals surface area contributed by atoms with E-state index in [1.807, 2.05) is 18.2 Å². The van der Waals surface area contributed by atoms with Gasteiger partial charge in [-0.05, 0) is 48.1 Å². The van der Waals surface area contributed by atoms with Crippen molar-refractivity contribution in [1.29, 1.82) is 0 Å². The zero-order valence-electron chi connectivity index (χ0n) is 20.2. The number of aliphatic imine (C=N–C) groups is 1. The Hall–Kier alpha value is -3.55. The zero-order valence-corrected chi connectivity index (χ0v) is 20.2. The molecule has 1 aliphatic carbocycles. The minimum atomic E-state index is -0.331. The fourth-order valence-corrected chi connectivity index (χ4v) is 5.36. The Morgan fingerprint density at radius 3 is 2.63 bits per heavy atom. The monoisotopic (exact) mass is 472 g/mol. The SMILES string of the molecule is CCCCC1=NC(C2(c3ccc(-c4cccc(OCc5nn[nH]n5)c4)cc3)CCCCC2)C(=O)N1. The Labute approximate surface area is 205 Å². The fraction of sp³-hybridized carbons (Fsp3) is 0.444. The lowest BCUT2D eigenvalue weighted by Gasteiger charge is -2.40. The molecule has 1 saturated carbocycles. The maximum atomic E-state index is 13.0. The molecule has 2 N–H and O–H groups in total. The minimum Gasteiger partial charge on any atom is -0.485 e. The van der Waals surface area contributed by atoms with E-state index in [9.17, 15) is 4.79 Å². The van der Waals surface area contributed by atoms with E-state index in [0.717, 1.165) is 67.7 Å². The highest BCUT2D eigenvalue weighted by atomic mass is 16.5. The second kappa shape index (κ2) is 10.4. The van der Waals surface area contributed by atoms with Gasteiger partial charge in [-0.2, -0.15) is 5.21 Å². The summed E-state index contributed by atoms with van der Waals surface area (Å²) in [6.07, 6.45) is 8.45. The number of unbranched alkanes of at least 4 members (excludes halogenated alkanes) is 1. The molecule has 0 spiro atoms. The first-order valence-corrected chi connectivity index (χ1v) is 12.6. The van der Waals surface area contributed by atoms with Crippen LogP contribution < -0.4 is 10.1 Å². The number of aromatic nitrogens is 4. The maximum absolute atomic E-state index is 13.0. The highest BCUT2D eigenvalue weighted by molar-refractivity contribution is 6.06. The molecule has 5 rings (SSSR count). The van der Waals surface area contributed by atoms with Crippen LogP contribution in [0.1, 0.15) is 69.7 Å². The van der Waals surface area contributed by atoms with Gasteiger partial charge in [0.15, 0.2) is 6.61 Å². The fourth-order valence-electron chi connectivity index (χ4n) is 5.36. The van der Waals surface area contributed by atoms with Crippen molar-refractivity contribution < 1.29 is 9.53 Å². The number of H-pyrrole nitrogens is 1. The molecule has 3 aromatic rings. The zero-order chi connectivity index (χ0) is 24.1. The van der Waals surface area contributed by atoms with Crippen molar-refractivity contribution in [3.05, 3.63) is 59.9 Å². The van der Waals surface area contributed by atoms with Gasteiger partial charge in [0.25, 0.3) is 5.91 Å². The first-order valence-electron chi connectivity index (χ1n) is 12.6. The van der Waals surface area contributed by atoms with E-state index in [0.29, 0.717) is 5.82 Å². The number of carbonyl (C=O) groups excluding carboxylic acids is 1. The average Bonchev–Trinajstić information content (AvgIpc) is 3.57. The van der Waals surface area contributed by atoms with Gasteiger partial charge in [0.2, 0.25) is 5.82 Å². The average molecular weight is 473 g/mol. The number of carbonyl (C=O) groups is 1. The van der Waals surface area contributed by atoms with Crippen LogP contribution in [0.5, 0.6) is 5.75 Å². The molecule has 2 aliphatic rings. The Bertz CT molecular complexity index is 1170. The van der Waals surface area contributed by atoms with Gasteiger partial charge in [-0.3, -0.25) is 9.79 Å². The molecule has 1 amide bonds. The van der Waals surface area contributed by atoms with Gasteiger partial charge in [-0.25, -0.2) is 0 Å². The van der Waals surface area contributed by atoms with E-state index < -0.39 is 0 Å². The van der Waals surface area contributed by atoms with Crippen LogP contribution >= 0.6 is 0 Å². The van der Waals surface area contributed by atoms with Crippen LogP contribution in [0.2, 0.25) is 0 Å². The molecule has 2 aromatic carbocycles. The smallest absolute Gasteiger partial charge is 0.251 e. The molecule has 1 fully saturated rings. The summed E-state index contributed by atoms with van der Waals surface area (Å²) < 4.78 is 5.82. The molecule has 0 bridgehead atoms. The third-order valence-electron chi connectivity index (χ3n) is 7.22. The molecule has 0 radical (unpaired) electrons. The number of rotatable bonds is 9. The van der Waals surface area contributed by atoms with Crippen molar-refractivity contribution in [2.75, 3.05) is 0 Å².